The zero-order chi connectivity index (χ0) is 24.0. The van der Waals surface area contributed by atoms with Gasteiger partial charge in [0.15, 0.2) is 0 Å². The predicted octanol–water partition coefficient (Wildman–Crippen LogP) is 4.29. The summed E-state index contributed by atoms with van der Waals surface area (Å²) in [5, 5.41) is 0.561. The van der Waals surface area contributed by atoms with Crippen molar-refractivity contribution in [3.05, 3.63) is 53.1 Å². The molecule has 3 amide bonds. The maximum Gasteiger partial charge on any atom is 0.316 e. The molecular weight excluding hydrogens is 456 g/mol. The SMILES string of the molecule is Cc1ccc(N2C[C@H](C(=O)Oc3ccc(N4C(=O)[C@H]5CCCC[C@H]5C4=O)cc3)CC2=O)cc1Cl. The van der Waals surface area contributed by atoms with Crippen LogP contribution in [-0.4, -0.2) is 30.2 Å². The number of amides is 3. The lowest BCUT2D eigenvalue weighted by Crippen LogP contribution is -2.30. The molecule has 3 fully saturated rings. The average Bonchev–Trinajstić information content (AvgIpc) is 3.34. The number of aryl methyl sites for hydroxylation is 1. The maximum absolute atomic E-state index is 12.8. The van der Waals surface area contributed by atoms with Gasteiger partial charge in [-0.2, -0.15) is 0 Å². The van der Waals surface area contributed by atoms with Crippen LogP contribution < -0.4 is 14.5 Å². The second kappa shape index (κ2) is 8.87. The molecule has 7 nitrogen and oxygen atoms in total. The highest BCUT2D eigenvalue weighted by atomic mass is 35.5. The number of ether oxygens (including phenoxy) is 1. The molecular formula is C26H25ClN2O5. The summed E-state index contributed by atoms with van der Waals surface area (Å²) < 4.78 is 5.51. The van der Waals surface area contributed by atoms with Crippen molar-refractivity contribution in [3.8, 4) is 5.75 Å². The molecule has 2 heterocycles. The van der Waals surface area contributed by atoms with E-state index in [0.29, 0.717) is 22.1 Å². The Kier molecular flexibility index (Phi) is 5.90. The second-order valence-electron chi connectivity index (χ2n) is 9.26. The average molecular weight is 481 g/mol. The van der Waals surface area contributed by atoms with Crippen molar-refractivity contribution in [1.29, 1.82) is 0 Å². The molecule has 1 aliphatic carbocycles. The van der Waals surface area contributed by atoms with Crippen molar-refractivity contribution in [1.82, 2.24) is 0 Å². The van der Waals surface area contributed by atoms with Gasteiger partial charge in [0.2, 0.25) is 17.7 Å². The van der Waals surface area contributed by atoms with Gasteiger partial charge >= 0.3 is 5.97 Å². The van der Waals surface area contributed by atoms with Gasteiger partial charge in [0, 0.05) is 23.7 Å². The summed E-state index contributed by atoms with van der Waals surface area (Å²) in [7, 11) is 0. The lowest BCUT2D eigenvalue weighted by Gasteiger charge is -2.19. The summed E-state index contributed by atoms with van der Waals surface area (Å²) in [6, 6.07) is 11.8. The molecule has 5 rings (SSSR count). The van der Waals surface area contributed by atoms with Crippen molar-refractivity contribution in [2.24, 2.45) is 17.8 Å². The second-order valence-corrected chi connectivity index (χ2v) is 9.67. The Bertz CT molecular complexity index is 1150. The number of anilines is 2. The fourth-order valence-corrected chi connectivity index (χ4v) is 5.32. The molecule has 2 saturated heterocycles. The Morgan fingerprint density at radius 1 is 0.941 bits per heavy atom. The molecule has 0 radical (unpaired) electrons. The quantitative estimate of drug-likeness (QED) is 0.370. The Morgan fingerprint density at radius 3 is 2.18 bits per heavy atom. The van der Waals surface area contributed by atoms with Crippen LogP contribution >= 0.6 is 11.6 Å². The summed E-state index contributed by atoms with van der Waals surface area (Å²) in [6.07, 6.45) is 3.52. The molecule has 1 saturated carbocycles. The monoisotopic (exact) mass is 480 g/mol. The molecule has 2 aromatic rings. The van der Waals surface area contributed by atoms with Gasteiger partial charge in [0.1, 0.15) is 5.75 Å². The summed E-state index contributed by atoms with van der Waals surface area (Å²) in [6.45, 7) is 2.10. The standard InChI is InChI=1S/C26H25ClN2O5/c1-15-6-7-18(13-22(15)27)28-14-16(12-23(28)30)26(33)34-19-10-8-17(9-11-19)29-24(31)20-4-2-3-5-21(20)25(29)32/h6-11,13,16,20-21H,2-5,12,14H2,1H3/t16-,20-,21+/m1/s1. The number of carbonyl (C=O) groups excluding carboxylic acids is 4. The van der Waals surface area contributed by atoms with Gasteiger partial charge < -0.3 is 9.64 Å². The van der Waals surface area contributed by atoms with Crippen LogP contribution in [0.25, 0.3) is 0 Å². The summed E-state index contributed by atoms with van der Waals surface area (Å²) in [5.74, 6) is -1.67. The number of carbonyl (C=O) groups is 4. The number of benzene rings is 2. The minimum atomic E-state index is -0.600. The van der Waals surface area contributed by atoms with Crippen molar-refractivity contribution in [2.45, 2.75) is 39.0 Å². The Hall–Kier alpha value is -3.19. The molecule has 3 atom stereocenters. The molecule has 2 aromatic carbocycles. The maximum atomic E-state index is 12.8. The third-order valence-electron chi connectivity index (χ3n) is 7.08. The van der Waals surface area contributed by atoms with Gasteiger partial charge in [-0.1, -0.05) is 30.5 Å². The number of hydrogen-bond acceptors (Lipinski definition) is 5. The first-order chi connectivity index (χ1) is 16.3. The van der Waals surface area contributed by atoms with Crippen LogP contribution in [0.3, 0.4) is 0 Å². The van der Waals surface area contributed by atoms with E-state index in [9.17, 15) is 19.2 Å². The van der Waals surface area contributed by atoms with Crippen LogP contribution in [0.2, 0.25) is 5.02 Å². The van der Waals surface area contributed by atoms with E-state index in [1.165, 1.54) is 4.90 Å². The molecule has 0 unspecified atom stereocenters. The van der Waals surface area contributed by atoms with Crippen molar-refractivity contribution < 1.29 is 23.9 Å². The van der Waals surface area contributed by atoms with Gasteiger partial charge in [0.05, 0.1) is 23.4 Å². The molecule has 3 aliphatic rings. The first-order valence-corrected chi connectivity index (χ1v) is 12.0. The Labute approximate surface area is 202 Å². The van der Waals surface area contributed by atoms with E-state index in [0.717, 1.165) is 31.2 Å². The predicted molar refractivity (Wildman–Crippen MR) is 127 cm³/mol. The number of nitrogens with zero attached hydrogens (tertiary/aromatic N) is 2. The summed E-state index contributed by atoms with van der Waals surface area (Å²) >= 11 is 6.18. The van der Waals surface area contributed by atoms with E-state index < -0.39 is 11.9 Å². The highest BCUT2D eigenvalue weighted by molar-refractivity contribution is 6.31. The van der Waals surface area contributed by atoms with Crippen LogP contribution in [0.15, 0.2) is 42.5 Å². The van der Waals surface area contributed by atoms with Crippen molar-refractivity contribution >= 4 is 46.7 Å². The van der Waals surface area contributed by atoms with E-state index >= 15 is 0 Å². The van der Waals surface area contributed by atoms with Crippen LogP contribution in [0.4, 0.5) is 11.4 Å². The lowest BCUT2D eigenvalue weighted by atomic mass is 9.81. The third kappa shape index (κ3) is 3.98. The molecule has 34 heavy (non-hydrogen) atoms. The largest absolute Gasteiger partial charge is 0.426 e. The van der Waals surface area contributed by atoms with E-state index in [2.05, 4.69) is 0 Å². The first-order valence-electron chi connectivity index (χ1n) is 11.6. The van der Waals surface area contributed by atoms with Gasteiger partial charge in [-0.25, -0.2) is 0 Å². The van der Waals surface area contributed by atoms with E-state index in [1.54, 1.807) is 35.2 Å². The first kappa shape index (κ1) is 22.6. The van der Waals surface area contributed by atoms with Crippen LogP contribution in [-0.2, 0) is 19.2 Å². The number of esters is 1. The molecule has 0 N–H and O–H groups in total. The highest BCUT2D eigenvalue weighted by Gasteiger charge is 2.48. The topological polar surface area (TPSA) is 84.0 Å². The zero-order valence-electron chi connectivity index (χ0n) is 18.8. The van der Waals surface area contributed by atoms with Crippen molar-refractivity contribution in [3.63, 3.8) is 0 Å². The Morgan fingerprint density at radius 2 is 1.56 bits per heavy atom. The molecule has 0 aromatic heterocycles. The summed E-state index contributed by atoms with van der Waals surface area (Å²) in [5.41, 5.74) is 2.05. The number of imide groups is 1. The van der Waals surface area contributed by atoms with Gasteiger partial charge in [0.25, 0.3) is 0 Å². The summed E-state index contributed by atoms with van der Waals surface area (Å²) in [4.78, 5) is 53.6. The number of rotatable bonds is 4. The smallest absolute Gasteiger partial charge is 0.316 e. The minimum Gasteiger partial charge on any atom is -0.426 e. The van der Waals surface area contributed by atoms with Gasteiger partial charge in [-0.3, -0.25) is 24.1 Å². The Balaban J connectivity index is 1.24. The van der Waals surface area contributed by atoms with Gasteiger partial charge in [-0.15, -0.1) is 0 Å². The molecule has 8 heteroatoms. The molecule has 176 valence electrons. The number of fused-ring (bicyclic) bond motifs is 1. The fourth-order valence-electron chi connectivity index (χ4n) is 5.14. The number of hydrogen-bond donors (Lipinski definition) is 0. The molecule has 0 spiro atoms. The highest BCUT2D eigenvalue weighted by Crippen LogP contribution is 2.40. The van der Waals surface area contributed by atoms with E-state index in [1.807, 2.05) is 19.1 Å². The fraction of sp³-hybridized carbons (Fsp3) is 0.385. The third-order valence-corrected chi connectivity index (χ3v) is 7.49. The van der Waals surface area contributed by atoms with E-state index in [4.69, 9.17) is 16.3 Å². The van der Waals surface area contributed by atoms with Crippen LogP contribution in [0.5, 0.6) is 5.75 Å². The number of halogens is 1. The van der Waals surface area contributed by atoms with Crippen LogP contribution in [0.1, 0.15) is 37.7 Å². The lowest BCUT2D eigenvalue weighted by molar-refractivity contribution is -0.139. The van der Waals surface area contributed by atoms with Crippen LogP contribution in [0, 0.1) is 24.7 Å². The molecule has 2 aliphatic heterocycles. The normalized spacial score (nSPS) is 24.5. The van der Waals surface area contributed by atoms with Crippen molar-refractivity contribution in [2.75, 3.05) is 16.3 Å². The zero-order valence-corrected chi connectivity index (χ0v) is 19.6. The molecule has 0 bridgehead atoms. The van der Waals surface area contributed by atoms with Gasteiger partial charge in [-0.05, 0) is 61.7 Å². The van der Waals surface area contributed by atoms with E-state index in [-0.39, 0.29) is 42.5 Å². The minimum absolute atomic E-state index is 0.0575.